The van der Waals surface area contributed by atoms with Crippen molar-refractivity contribution in [3.05, 3.63) is 30.7 Å². The van der Waals surface area contributed by atoms with Gasteiger partial charge in [0, 0.05) is 36.6 Å². The molecule has 3 rings (SSSR count). The molecule has 2 aromatic heterocycles. The van der Waals surface area contributed by atoms with Crippen molar-refractivity contribution in [2.24, 2.45) is 11.8 Å². The molecule has 2 unspecified atom stereocenters. The minimum absolute atomic E-state index is 0.302. The van der Waals surface area contributed by atoms with Crippen molar-refractivity contribution < 1.29 is 9.90 Å². The second-order valence-corrected chi connectivity index (χ2v) is 5.50. The third-order valence-corrected chi connectivity index (χ3v) is 3.87. The van der Waals surface area contributed by atoms with E-state index in [1.807, 2.05) is 12.1 Å². The van der Waals surface area contributed by atoms with Crippen LogP contribution < -0.4 is 4.90 Å². The van der Waals surface area contributed by atoms with Crippen molar-refractivity contribution in [2.45, 2.75) is 13.3 Å². The summed E-state index contributed by atoms with van der Waals surface area (Å²) in [5.41, 5.74) is 1.89. The minimum Gasteiger partial charge on any atom is -0.481 e. The van der Waals surface area contributed by atoms with Crippen LogP contribution in [0.1, 0.15) is 13.3 Å². The van der Waals surface area contributed by atoms with Crippen LogP contribution in [-0.2, 0) is 4.79 Å². The summed E-state index contributed by atoms with van der Waals surface area (Å²) in [5.74, 6) is -0.639. The fourth-order valence-electron chi connectivity index (χ4n) is 2.99. The normalized spacial score (nSPS) is 22.9. The van der Waals surface area contributed by atoms with Gasteiger partial charge < -0.3 is 10.0 Å². The summed E-state index contributed by atoms with van der Waals surface area (Å²) >= 11 is 0. The Labute approximate surface area is 117 Å². The SMILES string of the molecule is CC1CC(C(=O)O)CN(c2ccnc3cnccc23)C1. The van der Waals surface area contributed by atoms with Crippen molar-refractivity contribution in [2.75, 3.05) is 18.0 Å². The summed E-state index contributed by atoms with van der Waals surface area (Å²) in [4.78, 5) is 21.8. The molecule has 0 amide bonds. The number of pyridine rings is 2. The number of carboxylic acids is 1. The van der Waals surface area contributed by atoms with E-state index >= 15 is 0 Å². The Bertz CT molecular complexity index is 639. The lowest BCUT2D eigenvalue weighted by atomic mass is 9.90. The van der Waals surface area contributed by atoms with Crippen LogP contribution in [0.5, 0.6) is 0 Å². The van der Waals surface area contributed by atoms with Crippen molar-refractivity contribution in [1.82, 2.24) is 9.97 Å². The lowest BCUT2D eigenvalue weighted by molar-refractivity contribution is -0.142. The molecule has 0 spiro atoms. The van der Waals surface area contributed by atoms with Gasteiger partial charge in [0.25, 0.3) is 0 Å². The highest BCUT2D eigenvalue weighted by Crippen LogP contribution is 2.30. The molecule has 1 aliphatic heterocycles. The average molecular weight is 271 g/mol. The maximum Gasteiger partial charge on any atom is 0.308 e. The van der Waals surface area contributed by atoms with Gasteiger partial charge in [-0.1, -0.05) is 6.92 Å². The number of hydrogen-bond acceptors (Lipinski definition) is 4. The number of anilines is 1. The third-order valence-electron chi connectivity index (χ3n) is 3.87. The summed E-state index contributed by atoms with van der Waals surface area (Å²) in [7, 11) is 0. The molecule has 1 N–H and O–H groups in total. The highest BCUT2D eigenvalue weighted by molar-refractivity contribution is 5.91. The zero-order chi connectivity index (χ0) is 14.1. The zero-order valence-electron chi connectivity index (χ0n) is 11.4. The molecule has 20 heavy (non-hydrogen) atoms. The number of carboxylic acid groups (broad SMARTS) is 1. The zero-order valence-corrected chi connectivity index (χ0v) is 11.4. The summed E-state index contributed by atoms with van der Waals surface area (Å²) in [6.07, 6.45) is 5.99. The number of aromatic nitrogens is 2. The van der Waals surface area contributed by atoms with E-state index in [-0.39, 0.29) is 5.92 Å². The van der Waals surface area contributed by atoms with Gasteiger partial charge in [0.15, 0.2) is 0 Å². The number of piperidine rings is 1. The molecule has 5 heteroatoms. The molecule has 0 saturated carbocycles. The van der Waals surface area contributed by atoms with E-state index < -0.39 is 5.97 Å². The Morgan fingerprint density at radius 2 is 2.20 bits per heavy atom. The Morgan fingerprint density at radius 1 is 1.35 bits per heavy atom. The fraction of sp³-hybridized carbons (Fsp3) is 0.400. The Kier molecular flexibility index (Phi) is 3.26. The number of carbonyl (C=O) groups is 1. The molecule has 0 aliphatic carbocycles. The van der Waals surface area contributed by atoms with Crippen LogP contribution in [-0.4, -0.2) is 34.1 Å². The van der Waals surface area contributed by atoms with Gasteiger partial charge in [-0.25, -0.2) is 0 Å². The quantitative estimate of drug-likeness (QED) is 0.906. The van der Waals surface area contributed by atoms with Gasteiger partial charge in [0.1, 0.15) is 0 Å². The maximum atomic E-state index is 11.3. The molecule has 0 radical (unpaired) electrons. The first-order valence-electron chi connectivity index (χ1n) is 6.81. The number of aliphatic carboxylic acids is 1. The molecule has 0 bridgehead atoms. The first-order chi connectivity index (χ1) is 9.65. The van der Waals surface area contributed by atoms with Gasteiger partial charge in [-0.2, -0.15) is 0 Å². The van der Waals surface area contributed by atoms with Crippen LogP contribution >= 0.6 is 0 Å². The maximum absolute atomic E-state index is 11.3. The fourth-order valence-corrected chi connectivity index (χ4v) is 2.99. The molecule has 104 valence electrons. The molecule has 1 aliphatic rings. The number of fused-ring (bicyclic) bond motifs is 1. The predicted octanol–water partition coefficient (Wildman–Crippen LogP) is 2.18. The standard InChI is InChI=1S/C15H17N3O2/c1-10-6-11(15(19)20)9-18(8-10)14-3-5-17-13-7-16-4-2-12(13)14/h2-5,7,10-11H,6,8-9H2,1H3,(H,19,20). The van der Waals surface area contributed by atoms with Crippen LogP contribution in [0.15, 0.2) is 30.7 Å². The van der Waals surface area contributed by atoms with Gasteiger partial charge in [0.2, 0.25) is 0 Å². The van der Waals surface area contributed by atoms with Crippen LogP contribution in [0.3, 0.4) is 0 Å². The molecular formula is C15H17N3O2. The Balaban J connectivity index is 1.99. The van der Waals surface area contributed by atoms with Crippen molar-refractivity contribution >= 4 is 22.6 Å². The van der Waals surface area contributed by atoms with E-state index in [0.29, 0.717) is 12.5 Å². The lowest BCUT2D eigenvalue weighted by Crippen LogP contribution is -2.42. The molecular weight excluding hydrogens is 254 g/mol. The first-order valence-corrected chi connectivity index (χ1v) is 6.81. The smallest absolute Gasteiger partial charge is 0.308 e. The van der Waals surface area contributed by atoms with Crippen molar-refractivity contribution in [1.29, 1.82) is 0 Å². The van der Waals surface area contributed by atoms with E-state index in [4.69, 9.17) is 0 Å². The van der Waals surface area contributed by atoms with Crippen LogP contribution in [0.4, 0.5) is 5.69 Å². The molecule has 3 heterocycles. The van der Waals surface area contributed by atoms with E-state index in [9.17, 15) is 9.90 Å². The molecule has 1 saturated heterocycles. The molecule has 0 aromatic carbocycles. The summed E-state index contributed by atoms with van der Waals surface area (Å²) in [5, 5.41) is 10.3. The summed E-state index contributed by atoms with van der Waals surface area (Å²) in [6, 6.07) is 3.89. The third kappa shape index (κ3) is 2.31. The largest absolute Gasteiger partial charge is 0.481 e. The molecule has 1 fully saturated rings. The van der Waals surface area contributed by atoms with E-state index in [1.165, 1.54) is 0 Å². The highest BCUT2D eigenvalue weighted by Gasteiger charge is 2.30. The summed E-state index contributed by atoms with van der Waals surface area (Å²) < 4.78 is 0. The van der Waals surface area contributed by atoms with Gasteiger partial charge in [-0.3, -0.25) is 14.8 Å². The second-order valence-electron chi connectivity index (χ2n) is 5.50. The molecule has 5 nitrogen and oxygen atoms in total. The van der Waals surface area contributed by atoms with E-state index in [0.717, 1.165) is 29.6 Å². The first kappa shape index (κ1) is 12.8. The van der Waals surface area contributed by atoms with Gasteiger partial charge >= 0.3 is 5.97 Å². The minimum atomic E-state index is -0.707. The monoisotopic (exact) mass is 271 g/mol. The second kappa shape index (κ2) is 5.07. The Morgan fingerprint density at radius 3 is 3.00 bits per heavy atom. The predicted molar refractivity (Wildman–Crippen MR) is 76.7 cm³/mol. The average Bonchev–Trinajstić information content (AvgIpc) is 2.46. The van der Waals surface area contributed by atoms with Gasteiger partial charge in [-0.05, 0) is 24.5 Å². The highest BCUT2D eigenvalue weighted by atomic mass is 16.4. The number of nitrogens with zero attached hydrogens (tertiary/aromatic N) is 3. The van der Waals surface area contributed by atoms with Gasteiger partial charge in [-0.15, -0.1) is 0 Å². The van der Waals surface area contributed by atoms with Crippen molar-refractivity contribution in [3.63, 3.8) is 0 Å². The van der Waals surface area contributed by atoms with Crippen LogP contribution in [0.2, 0.25) is 0 Å². The summed E-state index contributed by atoms with van der Waals surface area (Å²) in [6.45, 7) is 3.54. The molecule has 2 aromatic rings. The molecule has 2 atom stereocenters. The van der Waals surface area contributed by atoms with Gasteiger partial charge in [0.05, 0.1) is 17.6 Å². The van der Waals surface area contributed by atoms with E-state index in [2.05, 4.69) is 21.8 Å². The van der Waals surface area contributed by atoms with E-state index in [1.54, 1.807) is 18.6 Å². The number of hydrogen-bond donors (Lipinski definition) is 1. The topological polar surface area (TPSA) is 66.3 Å². The number of rotatable bonds is 2. The van der Waals surface area contributed by atoms with Crippen molar-refractivity contribution in [3.8, 4) is 0 Å². The Hall–Kier alpha value is -2.17. The lowest BCUT2D eigenvalue weighted by Gasteiger charge is -2.36. The van der Waals surface area contributed by atoms with Crippen LogP contribution in [0, 0.1) is 11.8 Å². The van der Waals surface area contributed by atoms with Crippen LogP contribution in [0.25, 0.3) is 10.9 Å².